The van der Waals surface area contributed by atoms with Crippen LogP contribution in [0.3, 0.4) is 0 Å². The number of rotatable bonds is 27. The molecule has 0 N–H and O–H groups in total. The fourth-order valence-electron chi connectivity index (χ4n) is 5.66. The van der Waals surface area contributed by atoms with E-state index in [1.165, 1.54) is 135 Å². The molecule has 0 heterocycles. The summed E-state index contributed by atoms with van der Waals surface area (Å²) in [6.45, 7) is 5.36. The second kappa shape index (κ2) is 23.5. The molecule has 0 aromatic heterocycles. The lowest BCUT2D eigenvalue weighted by atomic mass is 10.0. The molecule has 36 heavy (non-hydrogen) atoms. The van der Waals surface area contributed by atoms with Crippen LogP contribution in [0.2, 0.25) is 0 Å². The fraction of sp³-hybridized carbons (Fsp3) is 0.970. The second-order valence-corrected chi connectivity index (χ2v) is 12.2. The van der Waals surface area contributed by atoms with Crippen LogP contribution in [0.5, 0.6) is 0 Å². The molecule has 0 radical (unpaired) electrons. The third-order valence-corrected chi connectivity index (χ3v) is 8.29. The number of hydrogen-bond donors (Lipinski definition) is 0. The Bertz CT molecular complexity index is 492. The summed E-state index contributed by atoms with van der Waals surface area (Å²) in [6, 6.07) is 0. The smallest absolute Gasteiger partial charge is 0.307 e. The maximum atomic E-state index is 12.3. The summed E-state index contributed by atoms with van der Waals surface area (Å²) in [6.07, 6.45) is 31.9. The minimum Gasteiger partial charge on any atom is -0.462 e. The zero-order chi connectivity index (χ0) is 26.3. The molecule has 0 aromatic carbocycles. The third kappa shape index (κ3) is 20.5. The normalized spacial score (nSPS) is 18.0. The zero-order valence-corrected chi connectivity index (χ0v) is 25.2. The molecule has 0 bridgehead atoms. The molecule has 0 aromatic rings. The van der Waals surface area contributed by atoms with E-state index in [-0.39, 0.29) is 12.1 Å². The first-order valence-electron chi connectivity index (χ1n) is 16.4. The predicted octanol–water partition coefficient (Wildman–Crippen LogP) is 10.1. The van der Waals surface area contributed by atoms with Crippen molar-refractivity contribution in [1.29, 1.82) is 0 Å². The maximum Gasteiger partial charge on any atom is 0.307 e. The first-order valence-corrected chi connectivity index (χ1v) is 16.4. The average Bonchev–Trinajstić information content (AvgIpc) is 3.61. The Balaban J connectivity index is 2.07. The van der Waals surface area contributed by atoms with Crippen molar-refractivity contribution < 1.29 is 9.53 Å². The lowest BCUT2D eigenvalue weighted by Crippen LogP contribution is -2.22. The highest BCUT2D eigenvalue weighted by atomic mass is 16.5. The zero-order valence-electron chi connectivity index (χ0n) is 25.2. The minimum atomic E-state index is -0.00315. The van der Waals surface area contributed by atoms with Crippen molar-refractivity contribution in [3.8, 4) is 0 Å². The summed E-state index contributed by atoms with van der Waals surface area (Å²) >= 11 is 0. The standard InChI is InChI=1S/C33H65NO2/c1-5-7-9-11-13-17-21-25-32(36-33(35)27-28-34(3)4)26-22-18-14-16-20-24-31-29-30(31)23-19-15-12-10-8-6-2/h30-32H,5-29H2,1-4H3/t30-,31+,32-/m1/s1. The van der Waals surface area contributed by atoms with Gasteiger partial charge in [0.15, 0.2) is 0 Å². The summed E-state index contributed by atoms with van der Waals surface area (Å²) in [5.74, 6) is 2.14. The second-order valence-electron chi connectivity index (χ2n) is 12.2. The molecule has 0 aliphatic heterocycles. The molecule has 0 spiro atoms. The monoisotopic (exact) mass is 508 g/mol. The Labute approximate surface area is 226 Å². The Kier molecular flexibility index (Phi) is 21.9. The number of carbonyl (C=O) groups is 1. The van der Waals surface area contributed by atoms with Gasteiger partial charge in [0.1, 0.15) is 6.10 Å². The van der Waals surface area contributed by atoms with E-state index in [1.807, 2.05) is 14.1 Å². The van der Waals surface area contributed by atoms with Crippen LogP contribution in [0, 0.1) is 11.8 Å². The molecule has 3 nitrogen and oxygen atoms in total. The van der Waals surface area contributed by atoms with Gasteiger partial charge in [0.05, 0.1) is 6.42 Å². The molecule has 3 heteroatoms. The molecule has 0 unspecified atom stereocenters. The van der Waals surface area contributed by atoms with Gasteiger partial charge >= 0.3 is 5.97 Å². The first kappa shape index (κ1) is 33.5. The van der Waals surface area contributed by atoms with Crippen LogP contribution < -0.4 is 0 Å². The fourth-order valence-corrected chi connectivity index (χ4v) is 5.66. The van der Waals surface area contributed by atoms with E-state index in [9.17, 15) is 4.79 Å². The lowest BCUT2D eigenvalue weighted by molar-refractivity contribution is -0.150. The van der Waals surface area contributed by atoms with E-state index in [2.05, 4.69) is 18.7 Å². The van der Waals surface area contributed by atoms with Crippen molar-refractivity contribution in [2.45, 2.75) is 174 Å². The Morgan fingerprint density at radius 2 is 1.08 bits per heavy atom. The van der Waals surface area contributed by atoms with E-state index in [4.69, 9.17) is 4.74 Å². The molecular formula is C33H65NO2. The van der Waals surface area contributed by atoms with Crippen molar-refractivity contribution in [2.75, 3.05) is 20.6 Å². The van der Waals surface area contributed by atoms with Crippen LogP contribution in [0.15, 0.2) is 0 Å². The highest BCUT2D eigenvalue weighted by Crippen LogP contribution is 2.45. The molecule has 1 aliphatic rings. The SMILES string of the molecule is CCCCCCCCC[C@H](CCCCCCC[C@H]1C[C@H]1CCCCCCCC)OC(=O)CCN(C)C. The molecule has 1 fully saturated rings. The molecule has 1 rings (SSSR count). The Hall–Kier alpha value is -0.570. The summed E-state index contributed by atoms with van der Waals surface area (Å²) in [4.78, 5) is 14.4. The first-order chi connectivity index (χ1) is 17.6. The van der Waals surface area contributed by atoms with Crippen molar-refractivity contribution in [1.82, 2.24) is 4.90 Å². The number of carbonyl (C=O) groups excluding carboxylic acids is 1. The Morgan fingerprint density at radius 3 is 1.53 bits per heavy atom. The van der Waals surface area contributed by atoms with Gasteiger partial charge in [0.25, 0.3) is 0 Å². The van der Waals surface area contributed by atoms with Gasteiger partial charge in [-0.1, -0.05) is 129 Å². The van der Waals surface area contributed by atoms with Crippen molar-refractivity contribution in [2.24, 2.45) is 11.8 Å². The largest absolute Gasteiger partial charge is 0.462 e. The van der Waals surface area contributed by atoms with Gasteiger partial charge in [-0.3, -0.25) is 4.79 Å². The van der Waals surface area contributed by atoms with Crippen LogP contribution >= 0.6 is 0 Å². The lowest BCUT2D eigenvalue weighted by Gasteiger charge is -2.19. The number of unbranched alkanes of at least 4 members (excludes halogenated alkanes) is 15. The van der Waals surface area contributed by atoms with Crippen LogP contribution in [0.4, 0.5) is 0 Å². The molecule has 1 aliphatic carbocycles. The van der Waals surface area contributed by atoms with E-state index in [0.717, 1.165) is 31.2 Å². The topological polar surface area (TPSA) is 29.5 Å². The summed E-state index contributed by atoms with van der Waals surface area (Å²) in [7, 11) is 4.03. The van der Waals surface area contributed by atoms with Gasteiger partial charge in [-0.05, 0) is 58.0 Å². The van der Waals surface area contributed by atoms with E-state index in [0.29, 0.717) is 6.42 Å². The van der Waals surface area contributed by atoms with Crippen LogP contribution in [-0.2, 0) is 9.53 Å². The Morgan fingerprint density at radius 1 is 0.667 bits per heavy atom. The van der Waals surface area contributed by atoms with Crippen LogP contribution in [0.1, 0.15) is 168 Å². The van der Waals surface area contributed by atoms with Crippen molar-refractivity contribution >= 4 is 5.97 Å². The van der Waals surface area contributed by atoms with Crippen LogP contribution in [-0.4, -0.2) is 37.6 Å². The molecule has 214 valence electrons. The van der Waals surface area contributed by atoms with Gasteiger partial charge in [0, 0.05) is 6.54 Å². The van der Waals surface area contributed by atoms with Crippen molar-refractivity contribution in [3.05, 3.63) is 0 Å². The molecule has 3 atom stereocenters. The molecule has 1 saturated carbocycles. The number of hydrogen-bond acceptors (Lipinski definition) is 3. The summed E-state index contributed by atoms with van der Waals surface area (Å²) < 4.78 is 5.92. The predicted molar refractivity (Wildman–Crippen MR) is 158 cm³/mol. The highest BCUT2D eigenvalue weighted by molar-refractivity contribution is 5.69. The van der Waals surface area contributed by atoms with Gasteiger partial charge in [-0.25, -0.2) is 0 Å². The van der Waals surface area contributed by atoms with Gasteiger partial charge < -0.3 is 9.64 Å². The number of ether oxygens (including phenoxy) is 1. The van der Waals surface area contributed by atoms with E-state index in [1.54, 1.807) is 0 Å². The van der Waals surface area contributed by atoms with Gasteiger partial charge in [0.2, 0.25) is 0 Å². The average molecular weight is 508 g/mol. The minimum absolute atomic E-state index is 0.00315. The molecule has 0 saturated heterocycles. The summed E-state index contributed by atoms with van der Waals surface area (Å²) in [5.41, 5.74) is 0. The van der Waals surface area contributed by atoms with Gasteiger partial charge in [-0.15, -0.1) is 0 Å². The quantitative estimate of drug-likeness (QED) is 0.0818. The number of nitrogens with zero attached hydrogens (tertiary/aromatic N) is 1. The van der Waals surface area contributed by atoms with Gasteiger partial charge in [-0.2, -0.15) is 0 Å². The van der Waals surface area contributed by atoms with Crippen LogP contribution in [0.25, 0.3) is 0 Å². The highest BCUT2D eigenvalue weighted by Gasteiger charge is 2.35. The maximum absolute atomic E-state index is 12.3. The van der Waals surface area contributed by atoms with Crippen molar-refractivity contribution in [3.63, 3.8) is 0 Å². The van der Waals surface area contributed by atoms with E-state index < -0.39 is 0 Å². The number of esters is 1. The third-order valence-electron chi connectivity index (χ3n) is 8.29. The van der Waals surface area contributed by atoms with E-state index >= 15 is 0 Å². The molecular weight excluding hydrogens is 442 g/mol. The molecule has 0 amide bonds. The summed E-state index contributed by atoms with van der Waals surface area (Å²) in [5, 5.41) is 0.